The Labute approximate surface area is 83.5 Å². The molecule has 0 aliphatic heterocycles. The van der Waals surface area contributed by atoms with Crippen molar-refractivity contribution >= 4 is 0 Å². The molecule has 14 heavy (non-hydrogen) atoms. The molecule has 1 heterocycles. The van der Waals surface area contributed by atoms with E-state index in [1.165, 1.54) is 5.56 Å². The molecule has 2 nitrogen and oxygen atoms in total. The molecular weight excluding hydrogens is 172 g/mol. The van der Waals surface area contributed by atoms with Gasteiger partial charge in [0.15, 0.2) is 0 Å². The minimum absolute atomic E-state index is 0.871. The Morgan fingerprint density at radius 1 is 1.29 bits per heavy atom. The molecule has 70 valence electrons. The van der Waals surface area contributed by atoms with Crippen LogP contribution in [0.5, 0.6) is 0 Å². The van der Waals surface area contributed by atoms with Crippen LogP contribution >= 0.6 is 0 Å². The summed E-state index contributed by atoms with van der Waals surface area (Å²) in [5.41, 5.74) is 2.36. The summed E-state index contributed by atoms with van der Waals surface area (Å²) >= 11 is 0. The quantitative estimate of drug-likeness (QED) is 0.670. The molecule has 0 fully saturated rings. The van der Waals surface area contributed by atoms with Gasteiger partial charge in [-0.05, 0) is 24.1 Å². The van der Waals surface area contributed by atoms with Crippen molar-refractivity contribution in [3.63, 3.8) is 0 Å². The highest BCUT2D eigenvalue weighted by molar-refractivity contribution is 5.41. The Kier molecular flexibility index (Phi) is 2.45. The highest BCUT2D eigenvalue weighted by Gasteiger charge is 2.01. The van der Waals surface area contributed by atoms with E-state index in [0.29, 0.717) is 0 Å². The van der Waals surface area contributed by atoms with Crippen molar-refractivity contribution in [1.82, 2.24) is 9.78 Å². The molecule has 2 heteroatoms. The van der Waals surface area contributed by atoms with Crippen LogP contribution in [-0.2, 0) is 6.42 Å². The van der Waals surface area contributed by atoms with Crippen LogP contribution in [-0.4, -0.2) is 9.78 Å². The van der Waals surface area contributed by atoms with Gasteiger partial charge in [0.2, 0.25) is 0 Å². The smallest absolute Gasteiger partial charge is 0.0680 e. The van der Waals surface area contributed by atoms with E-state index in [0.717, 1.165) is 12.1 Å². The SMILES string of the molecule is C=CCc1ccccc1-n1cccn1. The Morgan fingerprint density at radius 3 is 2.86 bits per heavy atom. The van der Waals surface area contributed by atoms with E-state index in [1.807, 2.05) is 35.2 Å². The highest BCUT2D eigenvalue weighted by Crippen LogP contribution is 2.13. The topological polar surface area (TPSA) is 17.8 Å². The molecule has 0 atom stereocenters. The van der Waals surface area contributed by atoms with Gasteiger partial charge in [-0.1, -0.05) is 24.3 Å². The average molecular weight is 184 g/mol. The molecule has 0 saturated carbocycles. The van der Waals surface area contributed by atoms with Gasteiger partial charge in [0, 0.05) is 12.4 Å². The Morgan fingerprint density at radius 2 is 2.14 bits per heavy atom. The maximum Gasteiger partial charge on any atom is 0.0680 e. The summed E-state index contributed by atoms with van der Waals surface area (Å²) in [6.45, 7) is 3.75. The minimum Gasteiger partial charge on any atom is -0.241 e. The van der Waals surface area contributed by atoms with Gasteiger partial charge >= 0.3 is 0 Å². The van der Waals surface area contributed by atoms with E-state index in [-0.39, 0.29) is 0 Å². The number of para-hydroxylation sites is 1. The third-order valence-corrected chi connectivity index (χ3v) is 2.11. The van der Waals surface area contributed by atoms with Crippen LogP contribution in [0.4, 0.5) is 0 Å². The molecule has 0 spiro atoms. The monoisotopic (exact) mass is 184 g/mol. The predicted molar refractivity (Wildman–Crippen MR) is 57.5 cm³/mol. The van der Waals surface area contributed by atoms with Gasteiger partial charge in [-0.2, -0.15) is 5.10 Å². The molecule has 0 radical (unpaired) electrons. The van der Waals surface area contributed by atoms with Crippen molar-refractivity contribution in [2.75, 3.05) is 0 Å². The third kappa shape index (κ3) is 1.59. The molecule has 0 N–H and O–H groups in total. The number of rotatable bonds is 3. The Bertz CT molecular complexity index is 416. The Hall–Kier alpha value is -1.83. The van der Waals surface area contributed by atoms with Crippen molar-refractivity contribution < 1.29 is 0 Å². The maximum absolute atomic E-state index is 4.21. The van der Waals surface area contributed by atoms with Crippen LogP contribution in [0.15, 0.2) is 55.4 Å². The molecule has 2 aromatic rings. The summed E-state index contributed by atoms with van der Waals surface area (Å²) in [6, 6.07) is 10.1. The lowest BCUT2D eigenvalue weighted by atomic mass is 10.1. The minimum atomic E-state index is 0.871. The summed E-state index contributed by atoms with van der Waals surface area (Å²) in [6.07, 6.45) is 6.50. The van der Waals surface area contributed by atoms with Crippen molar-refractivity contribution in [3.05, 3.63) is 60.9 Å². The number of allylic oxidation sites excluding steroid dienone is 1. The first-order valence-corrected chi connectivity index (χ1v) is 4.60. The van der Waals surface area contributed by atoms with Gasteiger partial charge < -0.3 is 0 Å². The van der Waals surface area contributed by atoms with Gasteiger partial charge in [0.05, 0.1) is 5.69 Å². The average Bonchev–Trinajstić information content (AvgIpc) is 2.72. The number of nitrogens with zero attached hydrogens (tertiary/aromatic N) is 2. The van der Waals surface area contributed by atoms with Gasteiger partial charge in [-0.3, -0.25) is 0 Å². The van der Waals surface area contributed by atoms with Crippen LogP contribution in [0.3, 0.4) is 0 Å². The molecule has 0 saturated heterocycles. The normalized spacial score (nSPS) is 10.0. The standard InChI is InChI=1S/C12H12N2/c1-2-6-11-7-3-4-8-12(11)14-10-5-9-13-14/h2-5,7-10H,1,6H2. The highest BCUT2D eigenvalue weighted by atomic mass is 15.3. The van der Waals surface area contributed by atoms with Crippen LogP contribution in [0.1, 0.15) is 5.56 Å². The van der Waals surface area contributed by atoms with Crippen LogP contribution in [0, 0.1) is 0 Å². The second kappa shape index (κ2) is 3.92. The fourth-order valence-electron chi connectivity index (χ4n) is 1.47. The molecule has 1 aromatic heterocycles. The zero-order valence-corrected chi connectivity index (χ0v) is 7.93. The van der Waals surface area contributed by atoms with Crippen molar-refractivity contribution in [3.8, 4) is 5.69 Å². The fraction of sp³-hybridized carbons (Fsp3) is 0.0833. The molecule has 0 aliphatic carbocycles. The van der Waals surface area contributed by atoms with Crippen LogP contribution in [0.25, 0.3) is 5.69 Å². The van der Waals surface area contributed by atoms with Gasteiger partial charge in [0.1, 0.15) is 0 Å². The van der Waals surface area contributed by atoms with Crippen LogP contribution in [0.2, 0.25) is 0 Å². The van der Waals surface area contributed by atoms with Gasteiger partial charge in [-0.25, -0.2) is 4.68 Å². The molecular formula is C12H12N2. The molecule has 0 unspecified atom stereocenters. The number of aromatic nitrogens is 2. The first-order chi connectivity index (χ1) is 6.92. The summed E-state index contributed by atoms with van der Waals surface area (Å²) in [5.74, 6) is 0. The lowest BCUT2D eigenvalue weighted by Crippen LogP contribution is -1.98. The fourth-order valence-corrected chi connectivity index (χ4v) is 1.47. The van der Waals surface area contributed by atoms with Gasteiger partial charge in [-0.15, -0.1) is 6.58 Å². The third-order valence-electron chi connectivity index (χ3n) is 2.11. The first kappa shape index (κ1) is 8.75. The zero-order chi connectivity index (χ0) is 9.80. The molecule has 0 aliphatic rings. The second-order valence-corrected chi connectivity index (χ2v) is 3.07. The van der Waals surface area contributed by atoms with Crippen molar-refractivity contribution in [2.24, 2.45) is 0 Å². The van der Waals surface area contributed by atoms with Crippen molar-refractivity contribution in [2.45, 2.75) is 6.42 Å². The molecule has 2 rings (SSSR count). The van der Waals surface area contributed by atoms with E-state index < -0.39 is 0 Å². The Balaban J connectivity index is 2.46. The lowest BCUT2D eigenvalue weighted by molar-refractivity contribution is 0.868. The molecule has 0 bridgehead atoms. The second-order valence-electron chi connectivity index (χ2n) is 3.07. The van der Waals surface area contributed by atoms with Gasteiger partial charge in [0.25, 0.3) is 0 Å². The first-order valence-electron chi connectivity index (χ1n) is 4.60. The number of hydrogen-bond acceptors (Lipinski definition) is 1. The largest absolute Gasteiger partial charge is 0.241 e. The van der Waals surface area contributed by atoms with Crippen molar-refractivity contribution in [1.29, 1.82) is 0 Å². The molecule has 1 aromatic carbocycles. The summed E-state index contributed by atoms with van der Waals surface area (Å²) in [7, 11) is 0. The number of benzene rings is 1. The van der Waals surface area contributed by atoms with E-state index >= 15 is 0 Å². The van der Waals surface area contributed by atoms with E-state index in [1.54, 1.807) is 6.20 Å². The lowest BCUT2D eigenvalue weighted by Gasteiger charge is -2.06. The summed E-state index contributed by atoms with van der Waals surface area (Å²) in [4.78, 5) is 0. The predicted octanol–water partition coefficient (Wildman–Crippen LogP) is 2.60. The summed E-state index contributed by atoms with van der Waals surface area (Å²) in [5, 5.41) is 4.21. The van der Waals surface area contributed by atoms with Crippen LogP contribution < -0.4 is 0 Å². The number of hydrogen-bond donors (Lipinski definition) is 0. The maximum atomic E-state index is 4.21. The zero-order valence-electron chi connectivity index (χ0n) is 7.93. The van der Waals surface area contributed by atoms with E-state index in [4.69, 9.17) is 0 Å². The summed E-state index contributed by atoms with van der Waals surface area (Å²) < 4.78 is 1.87. The van der Waals surface area contributed by atoms with E-state index in [9.17, 15) is 0 Å². The molecule has 0 amide bonds. The van der Waals surface area contributed by atoms with E-state index in [2.05, 4.69) is 23.8 Å².